The average Bonchev–Trinajstić information content (AvgIpc) is 2.74. The van der Waals surface area contributed by atoms with Crippen molar-refractivity contribution in [2.24, 2.45) is 0 Å². The van der Waals surface area contributed by atoms with Gasteiger partial charge in [-0.3, -0.25) is 4.79 Å². The van der Waals surface area contributed by atoms with Gasteiger partial charge in [0.25, 0.3) is 5.91 Å². The summed E-state index contributed by atoms with van der Waals surface area (Å²) in [6.07, 6.45) is 2.06. The Hall–Kier alpha value is -1.09. The molecule has 0 saturated carbocycles. The summed E-state index contributed by atoms with van der Waals surface area (Å²) in [5.74, 6) is -0.648. The lowest BCUT2D eigenvalue weighted by Crippen LogP contribution is -2.27. The summed E-state index contributed by atoms with van der Waals surface area (Å²) >= 11 is 5.55. The van der Waals surface area contributed by atoms with E-state index in [9.17, 15) is 9.18 Å². The first-order valence-corrected chi connectivity index (χ1v) is 5.30. The van der Waals surface area contributed by atoms with Crippen LogP contribution in [0.4, 0.5) is 4.39 Å². The number of rotatable bonds is 1. The monoisotopic (exact) mass is 227 g/mol. The molecule has 4 heteroatoms. The number of nitrogens with zero attached hydrogens (tertiary/aromatic N) is 1. The van der Waals surface area contributed by atoms with Crippen molar-refractivity contribution in [1.82, 2.24) is 4.90 Å². The highest BCUT2D eigenvalue weighted by Crippen LogP contribution is 2.18. The molecule has 1 aliphatic heterocycles. The number of hydrogen-bond donors (Lipinski definition) is 0. The average molecular weight is 228 g/mol. The zero-order valence-electron chi connectivity index (χ0n) is 8.17. The Morgan fingerprint density at radius 2 is 2.00 bits per heavy atom. The van der Waals surface area contributed by atoms with E-state index in [0.717, 1.165) is 25.9 Å². The fourth-order valence-electron chi connectivity index (χ4n) is 1.73. The lowest BCUT2D eigenvalue weighted by atomic mass is 10.2. The second-order valence-corrected chi connectivity index (χ2v) is 4.04. The number of carbonyl (C=O) groups is 1. The standard InChI is InChI=1S/C11H11ClFNO/c12-9-4-3-8(7-10(9)13)11(15)14-5-1-2-6-14/h3-4,7H,1-2,5-6H2. The molecule has 1 aromatic carbocycles. The number of carbonyl (C=O) groups excluding carboxylic acids is 1. The zero-order valence-corrected chi connectivity index (χ0v) is 8.93. The topological polar surface area (TPSA) is 20.3 Å². The largest absolute Gasteiger partial charge is 0.339 e. The minimum Gasteiger partial charge on any atom is -0.339 e. The maximum atomic E-state index is 13.1. The van der Waals surface area contributed by atoms with Crippen LogP contribution in [0.15, 0.2) is 18.2 Å². The van der Waals surface area contributed by atoms with Gasteiger partial charge < -0.3 is 4.90 Å². The number of hydrogen-bond acceptors (Lipinski definition) is 1. The van der Waals surface area contributed by atoms with Crippen molar-refractivity contribution in [2.45, 2.75) is 12.8 Å². The van der Waals surface area contributed by atoms with Crippen LogP contribution in [0, 0.1) is 5.82 Å². The van der Waals surface area contributed by atoms with E-state index in [2.05, 4.69) is 0 Å². The van der Waals surface area contributed by atoms with Crippen molar-refractivity contribution in [1.29, 1.82) is 0 Å². The first-order chi connectivity index (χ1) is 7.18. The highest BCUT2D eigenvalue weighted by Gasteiger charge is 2.19. The number of likely N-dealkylation sites (tertiary alicyclic amines) is 1. The van der Waals surface area contributed by atoms with Crippen molar-refractivity contribution in [3.05, 3.63) is 34.6 Å². The predicted octanol–water partition coefficient (Wildman–Crippen LogP) is 2.72. The first kappa shape index (κ1) is 10.4. The molecule has 0 radical (unpaired) electrons. The van der Waals surface area contributed by atoms with E-state index in [1.807, 2.05) is 0 Å². The summed E-state index contributed by atoms with van der Waals surface area (Å²) in [6, 6.07) is 4.18. The molecule has 2 nitrogen and oxygen atoms in total. The Morgan fingerprint density at radius 3 is 2.60 bits per heavy atom. The van der Waals surface area contributed by atoms with Gasteiger partial charge in [-0.05, 0) is 31.0 Å². The molecule has 0 aliphatic carbocycles. The van der Waals surface area contributed by atoms with E-state index in [1.54, 1.807) is 11.0 Å². The summed E-state index contributed by atoms with van der Waals surface area (Å²) in [5, 5.41) is 0.0490. The summed E-state index contributed by atoms with van der Waals surface area (Å²) in [4.78, 5) is 13.6. The molecule has 0 atom stereocenters. The molecule has 1 aromatic rings. The Labute approximate surface area is 92.6 Å². The molecule has 1 heterocycles. The molecule has 0 spiro atoms. The SMILES string of the molecule is O=C(c1ccc(Cl)c(F)c1)N1CCCC1. The predicted molar refractivity (Wildman–Crippen MR) is 56.5 cm³/mol. The molecule has 0 aromatic heterocycles. The molecule has 1 aliphatic rings. The van der Waals surface area contributed by atoms with Crippen LogP contribution in [0.25, 0.3) is 0 Å². The minimum atomic E-state index is -0.540. The van der Waals surface area contributed by atoms with Gasteiger partial charge in [0, 0.05) is 18.7 Å². The summed E-state index contributed by atoms with van der Waals surface area (Å²) < 4.78 is 13.1. The third-order valence-electron chi connectivity index (χ3n) is 2.56. The smallest absolute Gasteiger partial charge is 0.253 e. The van der Waals surface area contributed by atoms with Crippen LogP contribution in [-0.2, 0) is 0 Å². The quantitative estimate of drug-likeness (QED) is 0.723. The van der Waals surface area contributed by atoms with Crippen molar-refractivity contribution >= 4 is 17.5 Å². The molecule has 1 amide bonds. The van der Waals surface area contributed by atoms with Crippen molar-refractivity contribution < 1.29 is 9.18 Å². The van der Waals surface area contributed by atoms with Gasteiger partial charge in [-0.1, -0.05) is 11.6 Å². The number of amides is 1. The lowest BCUT2D eigenvalue weighted by Gasteiger charge is -2.15. The van der Waals surface area contributed by atoms with Gasteiger partial charge in [-0.15, -0.1) is 0 Å². The van der Waals surface area contributed by atoms with E-state index in [1.165, 1.54) is 12.1 Å². The number of benzene rings is 1. The fourth-order valence-corrected chi connectivity index (χ4v) is 1.85. The Morgan fingerprint density at radius 1 is 1.33 bits per heavy atom. The second-order valence-electron chi connectivity index (χ2n) is 3.63. The van der Waals surface area contributed by atoms with Gasteiger partial charge in [-0.25, -0.2) is 4.39 Å². The van der Waals surface area contributed by atoms with Gasteiger partial charge in [0.05, 0.1) is 5.02 Å². The van der Waals surface area contributed by atoms with E-state index < -0.39 is 5.82 Å². The maximum Gasteiger partial charge on any atom is 0.253 e. The Bertz CT molecular complexity index is 388. The maximum absolute atomic E-state index is 13.1. The molecule has 0 unspecified atom stereocenters. The minimum absolute atomic E-state index is 0.0490. The lowest BCUT2D eigenvalue weighted by molar-refractivity contribution is 0.0792. The normalized spacial score (nSPS) is 15.7. The number of halogens is 2. The van der Waals surface area contributed by atoms with E-state index in [0.29, 0.717) is 5.56 Å². The van der Waals surface area contributed by atoms with Gasteiger partial charge in [-0.2, -0.15) is 0 Å². The summed E-state index contributed by atoms with van der Waals surface area (Å²) in [7, 11) is 0. The Kier molecular flexibility index (Phi) is 2.91. The fraction of sp³-hybridized carbons (Fsp3) is 0.364. The van der Waals surface area contributed by atoms with Gasteiger partial charge in [0.1, 0.15) is 5.82 Å². The van der Waals surface area contributed by atoms with Crippen LogP contribution in [0.3, 0.4) is 0 Å². The van der Waals surface area contributed by atoms with E-state index >= 15 is 0 Å². The molecule has 15 heavy (non-hydrogen) atoms. The van der Waals surface area contributed by atoms with Gasteiger partial charge in [0.2, 0.25) is 0 Å². The van der Waals surface area contributed by atoms with Gasteiger partial charge >= 0.3 is 0 Å². The third kappa shape index (κ3) is 2.12. The van der Waals surface area contributed by atoms with Crippen LogP contribution in [0.5, 0.6) is 0 Å². The molecule has 80 valence electrons. The highest BCUT2D eigenvalue weighted by molar-refractivity contribution is 6.30. The first-order valence-electron chi connectivity index (χ1n) is 4.93. The molecule has 0 N–H and O–H groups in total. The van der Waals surface area contributed by atoms with Crippen LogP contribution >= 0.6 is 11.6 Å². The zero-order chi connectivity index (χ0) is 10.8. The van der Waals surface area contributed by atoms with Crippen LogP contribution in [0.1, 0.15) is 23.2 Å². The molecule has 2 rings (SSSR count). The Balaban J connectivity index is 2.21. The van der Waals surface area contributed by atoms with Crippen LogP contribution < -0.4 is 0 Å². The summed E-state index contributed by atoms with van der Waals surface area (Å²) in [6.45, 7) is 1.53. The second kappa shape index (κ2) is 4.19. The highest BCUT2D eigenvalue weighted by atomic mass is 35.5. The van der Waals surface area contributed by atoms with Crippen molar-refractivity contribution in [2.75, 3.05) is 13.1 Å². The molecular formula is C11H11ClFNO. The van der Waals surface area contributed by atoms with E-state index in [-0.39, 0.29) is 10.9 Å². The third-order valence-corrected chi connectivity index (χ3v) is 2.87. The van der Waals surface area contributed by atoms with Crippen LogP contribution in [0.2, 0.25) is 5.02 Å². The van der Waals surface area contributed by atoms with Crippen molar-refractivity contribution in [3.63, 3.8) is 0 Å². The molecular weight excluding hydrogens is 217 g/mol. The van der Waals surface area contributed by atoms with Gasteiger partial charge in [0.15, 0.2) is 0 Å². The molecule has 1 saturated heterocycles. The van der Waals surface area contributed by atoms with Crippen LogP contribution in [-0.4, -0.2) is 23.9 Å². The molecule has 0 bridgehead atoms. The van der Waals surface area contributed by atoms with E-state index in [4.69, 9.17) is 11.6 Å². The van der Waals surface area contributed by atoms with Crippen molar-refractivity contribution in [3.8, 4) is 0 Å². The summed E-state index contributed by atoms with van der Waals surface area (Å²) in [5.41, 5.74) is 0.374. The molecule has 1 fully saturated rings.